The summed E-state index contributed by atoms with van der Waals surface area (Å²) in [7, 11) is -5.68. The second kappa shape index (κ2) is 14.7. The molecule has 0 saturated carbocycles. The molecule has 18 heteroatoms. The number of ether oxygens (including phenoxy) is 3. The molecule has 1 aliphatic heterocycles. The van der Waals surface area contributed by atoms with Crippen LogP contribution in [0, 0.1) is 0 Å². The second-order valence-electron chi connectivity index (χ2n) is 8.17. The molecule has 1 aliphatic rings. The third-order valence-corrected chi connectivity index (χ3v) is 8.45. The largest absolute Gasteiger partial charge is 0.573 e. The molecule has 0 spiro atoms. The van der Waals surface area contributed by atoms with Crippen molar-refractivity contribution in [2.45, 2.75) is 28.8 Å². The van der Waals surface area contributed by atoms with Crippen LogP contribution in [0.15, 0.2) is 53.4 Å². The van der Waals surface area contributed by atoms with Gasteiger partial charge in [-0.05, 0) is 65.9 Å². The number of likely N-dealkylation sites (tertiary alicyclic amines) is 1. The summed E-state index contributed by atoms with van der Waals surface area (Å²) < 4.78 is 88.0. The van der Waals surface area contributed by atoms with Gasteiger partial charge in [0.1, 0.15) is 17.2 Å². The lowest BCUT2D eigenvalue weighted by atomic mass is 9.95. The van der Waals surface area contributed by atoms with Crippen molar-refractivity contribution in [1.29, 1.82) is 0 Å². The number of hydroxylamine groups is 1. The zero-order valence-electron chi connectivity index (χ0n) is 20.9. The van der Waals surface area contributed by atoms with E-state index in [1.807, 2.05) is 4.90 Å². The molecule has 3 N–H and O–H groups in total. The number of benzene rings is 2. The normalized spacial score (nSPS) is 15.8. The number of nitrogens with zero attached hydrogens (tertiary/aromatic N) is 1. The summed E-state index contributed by atoms with van der Waals surface area (Å²) >= 11 is 0. The van der Waals surface area contributed by atoms with Crippen LogP contribution in [0.2, 0.25) is 0 Å². The van der Waals surface area contributed by atoms with Crippen molar-refractivity contribution in [3.8, 4) is 17.2 Å². The Balaban J connectivity index is 0.00000129. The second-order valence-corrected chi connectivity index (χ2v) is 11.0. The van der Waals surface area contributed by atoms with Crippen LogP contribution < -0.4 is 19.8 Å². The minimum atomic E-state index is -4.81. The van der Waals surface area contributed by atoms with E-state index >= 15 is 0 Å². The Kier molecular flexibility index (Phi) is 12.2. The number of carbonyl (C=O) groups excluding carboxylic acids is 1. The SMILES string of the molecule is COCCN1CCC(C(=O)NO)(S(=O)(=O)c2ccc(Oc3ccc(OC(F)(F)F)cc3)cc2)CC1.O=[P+]([O-])OO.[HH]. The first-order valence-electron chi connectivity index (χ1n) is 11.3. The number of hydrogen-bond donors (Lipinski definition) is 3. The Morgan fingerprint density at radius 1 is 1.10 bits per heavy atom. The first kappa shape index (κ1) is 33.3. The van der Waals surface area contributed by atoms with E-state index in [0.29, 0.717) is 26.2 Å². The van der Waals surface area contributed by atoms with Crippen molar-refractivity contribution in [2.24, 2.45) is 0 Å². The number of methoxy groups -OCH3 is 1. The monoisotopic (exact) mass is 616 g/mol. The van der Waals surface area contributed by atoms with Gasteiger partial charge in [-0.2, -0.15) is 0 Å². The number of sulfone groups is 1. The smallest absolute Gasteiger partial charge is 0.565 e. The van der Waals surface area contributed by atoms with Gasteiger partial charge in [0.15, 0.2) is 14.6 Å². The summed E-state index contributed by atoms with van der Waals surface area (Å²) in [5.74, 6) is -0.976. The van der Waals surface area contributed by atoms with Crippen molar-refractivity contribution in [3.05, 3.63) is 48.5 Å². The van der Waals surface area contributed by atoms with Gasteiger partial charge in [-0.1, -0.05) is 0 Å². The van der Waals surface area contributed by atoms with Crippen LogP contribution in [0.25, 0.3) is 0 Å². The highest BCUT2D eigenvalue weighted by molar-refractivity contribution is 7.93. The van der Waals surface area contributed by atoms with Crippen LogP contribution in [0.3, 0.4) is 0 Å². The molecule has 0 radical (unpaired) electrons. The highest BCUT2D eigenvalue weighted by Gasteiger charge is 2.52. The molecular formula is C22H28F3N2O11PS. The number of nitrogens with one attached hydrogen (secondary N) is 1. The summed E-state index contributed by atoms with van der Waals surface area (Å²) in [6, 6.07) is 9.98. The maximum atomic E-state index is 13.5. The fourth-order valence-corrected chi connectivity index (χ4v) is 5.79. The summed E-state index contributed by atoms with van der Waals surface area (Å²) in [6.45, 7) is 1.70. The summed E-state index contributed by atoms with van der Waals surface area (Å²) in [5, 5.41) is 16.3. The van der Waals surface area contributed by atoms with E-state index in [1.54, 1.807) is 7.11 Å². The lowest BCUT2D eigenvalue weighted by Gasteiger charge is -2.39. The molecule has 1 atom stereocenters. The minimum absolute atomic E-state index is 0. The minimum Gasteiger partial charge on any atom is -0.565 e. The van der Waals surface area contributed by atoms with E-state index in [2.05, 4.69) is 9.41 Å². The van der Waals surface area contributed by atoms with Crippen molar-refractivity contribution in [3.63, 3.8) is 0 Å². The van der Waals surface area contributed by atoms with Crippen LogP contribution in [0.1, 0.15) is 14.3 Å². The highest BCUT2D eigenvalue weighted by atomic mass is 32.2. The summed E-state index contributed by atoms with van der Waals surface area (Å²) in [6.07, 6.45) is -4.85. The third kappa shape index (κ3) is 9.07. The molecule has 1 unspecified atom stereocenters. The van der Waals surface area contributed by atoms with E-state index in [9.17, 15) is 31.6 Å². The maximum absolute atomic E-state index is 13.5. The molecule has 1 heterocycles. The standard InChI is InChI=1S/C22H25F3N2O7S.HO4P.H2/c1-32-15-14-27-12-10-21(11-13-27,20(28)26-29)35(30,31)19-8-6-17(7-9-19)33-16-2-4-18(5-3-16)34-22(23,24)25;1-4-5(2)3;/h2-9,29H,10-15H2,1H3,(H,26,28);1H;1H. The van der Waals surface area contributed by atoms with E-state index in [1.165, 1.54) is 41.9 Å². The fourth-order valence-electron chi connectivity index (χ4n) is 3.84. The number of rotatable bonds is 10. The summed E-state index contributed by atoms with van der Waals surface area (Å²) in [4.78, 5) is 23.3. The number of halogens is 3. The maximum Gasteiger partial charge on any atom is 0.573 e. The lowest BCUT2D eigenvalue weighted by molar-refractivity contribution is -0.274. The quantitative estimate of drug-likeness (QED) is 0.154. The van der Waals surface area contributed by atoms with E-state index in [0.717, 1.165) is 12.1 Å². The Bertz CT molecular complexity index is 1230. The van der Waals surface area contributed by atoms with E-state index < -0.39 is 40.9 Å². The van der Waals surface area contributed by atoms with Crippen LogP contribution in [-0.4, -0.2) is 74.1 Å². The van der Waals surface area contributed by atoms with Crippen molar-refractivity contribution in [1.82, 2.24) is 10.4 Å². The number of piperidine rings is 1. The first-order valence-corrected chi connectivity index (χ1v) is 13.9. The highest BCUT2D eigenvalue weighted by Crippen LogP contribution is 2.37. The Morgan fingerprint density at radius 2 is 1.57 bits per heavy atom. The molecule has 0 aromatic heterocycles. The van der Waals surface area contributed by atoms with Gasteiger partial charge in [-0.3, -0.25) is 10.0 Å². The number of hydrogen-bond acceptors (Lipinski definition) is 12. The predicted molar refractivity (Wildman–Crippen MR) is 130 cm³/mol. The topological polar surface area (TPSA) is 184 Å². The average Bonchev–Trinajstić information content (AvgIpc) is 2.92. The van der Waals surface area contributed by atoms with Gasteiger partial charge in [0, 0.05) is 32.8 Å². The Labute approximate surface area is 229 Å². The summed E-state index contributed by atoms with van der Waals surface area (Å²) in [5.41, 5.74) is 1.51. The van der Waals surface area contributed by atoms with Crippen molar-refractivity contribution >= 4 is 24.0 Å². The Hall–Kier alpha value is -2.89. The molecule has 40 heavy (non-hydrogen) atoms. The molecule has 3 rings (SSSR count). The van der Waals surface area contributed by atoms with Crippen LogP contribution in [0.4, 0.5) is 13.2 Å². The van der Waals surface area contributed by atoms with E-state index in [4.69, 9.17) is 24.2 Å². The molecule has 2 aromatic carbocycles. The average molecular weight is 617 g/mol. The zero-order chi connectivity index (χ0) is 30.0. The van der Waals surface area contributed by atoms with Gasteiger partial charge in [0.05, 0.1) is 11.5 Å². The van der Waals surface area contributed by atoms with Crippen molar-refractivity contribution < 1.29 is 66.6 Å². The molecule has 13 nitrogen and oxygen atoms in total. The zero-order valence-corrected chi connectivity index (χ0v) is 22.6. The van der Waals surface area contributed by atoms with Gasteiger partial charge >= 0.3 is 14.6 Å². The molecule has 2 aromatic rings. The van der Waals surface area contributed by atoms with Gasteiger partial charge in [0.25, 0.3) is 5.91 Å². The molecule has 1 amide bonds. The van der Waals surface area contributed by atoms with Gasteiger partial charge in [-0.25, -0.2) is 19.2 Å². The van der Waals surface area contributed by atoms with Gasteiger partial charge < -0.3 is 24.0 Å². The van der Waals surface area contributed by atoms with Crippen LogP contribution in [-0.2, 0) is 28.6 Å². The number of carbonyl (C=O) groups is 1. The predicted octanol–water partition coefficient (Wildman–Crippen LogP) is 2.88. The molecule has 1 fully saturated rings. The third-order valence-electron chi connectivity index (χ3n) is 5.80. The first-order chi connectivity index (χ1) is 18.8. The van der Waals surface area contributed by atoms with Gasteiger partial charge in [-0.15, -0.1) is 13.2 Å². The fraction of sp³-hybridized carbons (Fsp3) is 0.409. The molecule has 0 aliphatic carbocycles. The Morgan fingerprint density at radius 3 is 2.00 bits per heavy atom. The number of alkyl halides is 3. The van der Waals surface area contributed by atoms with Crippen LogP contribution >= 0.6 is 8.25 Å². The number of amides is 1. The molecular weight excluding hydrogens is 588 g/mol. The van der Waals surface area contributed by atoms with Gasteiger partial charge in [0.2, 0.25) is 0 Å². The van der Waals surface area contributed by atoms with E-state index in [-0.39, 0.29) is 30.7 Å². The van der Waals surface area contributed by atoms with Crippen LogP contribution in [0.5, 0.6) is 17.2 Å². The van der Waals surface area contributed by atoms with Crippen molar-refractivity contribution in [2.75, 3.05) is 33.4 Å². The molecule has 224 valence electrons. The lowest BCUT2D eigenvalue weighted by Crippen LogP contribution is -2.57. The molecule has 1 saturated heterocycles. The molecule has 0 bridgehead atoms.